The molecule has 0 saturated heterocycles. The van der Waals surface area contributed by atoms with Crippen molar-refractivity contribution in [1.29, 1.82) is 0 Å². The van der Waals surface area contributed by atoms with Crippen molar-refractivity contribution in [3.8, 4) is 0 Å². The van der Waals surface area contributed by atoms with E-state index >= 15 is 0 Å². The van der Waals surface area contributed by atoms with Gasteiger partial charge in [0.15, 0.2) is 0 Å². The molecule has 0 aromatic heterocycles. The molecule has 0 amide bonds. The molecule has 16 heavy (non-hydrogen) atoms. The van der Waals surface area contributed by atoms with E-state index in [0.29, 0.717) is 23.9 Å². The second-order valence-corrected chi connectivity index (χ2v) is 3.51. The van der Waals surface area contributed by atoms with Crippen LogP contribution >= 0.6 is 11.6 Å². The summed E-state index contributed by atoms with van der Waals surface area (Å²) in [5.41, 5.74) is 0.478. The lowest BCUT2D eigenvalue weighted by molar-refractivity contribution is -0.142. The molecule has 3 nitrogen and oxygen atoms in total. The molecule has 0 aliphatic rings. The van der Waals surface area contributed by atoms with E-state index in [0.717, 1.165) is 0 Å². The van der Waals surface area contributed by atoms with Gasteiger partial charge in [-0.25, -0.2) is 4.39 Å². The monoisotopic (exact) mass is 245 g/mol. The molecule has 0 spiro atoms. The first-order valence-electron chi connectivity index (χ1n) is 4.98. The Balaban J connectivity index is 2.42. The van der Waals surface area contributed by atoms with Crippen LogP contribution in [0.15, 0.2) is 18.2 Å². The fraction of sp³-hybridized carbons (Fsp3) is 0.364. The lowest BCUT2D eigenvalue weighted by atomic mass is 10.3. The van der Waals surface area contributed by atoms with Crippen molar-refractivity contribution in [2.75, 3.05) is 18.5 Å². The zero-order valence-corrected chi connectivity index (χ0v) is 9.68. The summed E-state index contributed by atoms with van der Waals surface area (Å²) in [5.74, 6) is -0.662. The quantitative estimate of drug-likeness (QED) is 0.811. The molecule has 88 valence electrons. The Labute approximate surface area is 98.5 Å². The van der Waals surface area contributed by atoms with Crippen LogP contribution in [0.25, 0.3) is 0 Å². The second kappa shape index (κ2) is 6.33. The summed E-state index contributed by atoms with van der Waals surface area (Å²) in [6, 6.07) is 4.02. The van der Waals surface area contributed by atoms with Crippen LogP contribution in [0.1, 0.15) is 13.3 Å². The van der Waals surface area contributed by atoms with Crippen molar-refractivity contribution in [2.45, 2.75) is 13.3 Å². The van der Waals surface area contributed by atoms with E-state index in [1.165, 1.54) is 18.2 Å². The van der Waals surface area contributed by atoms with Crippen LogP contribution in [0.2, 0.25) is 5.02 Å². The van der Waals surface area contributed by atoms with Crippen molar-refractivity contribution < 1.29 is 13.9 Å². The standard InChI is InChI=1S/C11H13ClFNO2/c1-2-16-11(15)5-6-14-10-7-8(13)3-4-9(10)12/h3-4,7,14H,2,5-6H2,1H3. The third-order valence-corrected chi connectivity index (χ3v) is 2.21. The molecule has 0 unspecified atom stereocenters. The van der Waals surface area contributed by atoms with E-state index in [4.69, 9.17) is 16.3 Å². The number of hydrogen-bond donors (Lipinski definition) is 1. The zero-order chi connectivity index (χ0) is 12.0. The SMILES string of the molecule is CCOC(=O)CCNc1cc(F)ccc1Cl. The van der Waals surface area contributed by atoms with Crippen LogP contribution < -0.4 is 5.32 Å². The van der Waals surface area contributed by atoms with Crippen LogP contribution in [-0.4, -0.2) is 19.1 Å². The van der Waals surface area contributed by atoms with Crippen molar-refractivity contribution in [2.24, 2.45) is 0 Å². The van der Waals surface area contributed by atoms with Crippen molar-refractivity contribution in [3.05, 3.63) is 29.0 Å². The summed E-state index contributed by atoms with van der Waals surface area (Å²) in [5, 5.41) is 3.29. The number of carbonyl (C=O) groups is 1. The number of benzene rings is 1. The Kier molecular flexibility index (Phi) is 5.05. The van der Waals surface area contributed by atoms with E-state index in [2.05, 4.69) is 5.32 Å². The highest BCUT2D eigenvalue weighted by Gasteiger charge is 2.04. The number of rotatable bonds is 5. The van der Waals surface area contributed by atoms with Crippen LogP contribution in [0, 0.1) is 5.82 Å². The average Bonchev–Trinajstić information content (AvgIpc) is 2.23. The molecule has 1 rings (SSSR count). The Morgan fingerprint density at radius 1 is 1.56 bits per heavy atom. The average molecular weight is 246 g/mol. The largest absolute Gasteiger partial charge is 0.466 e. The first-order valence-corrected chi connectivity index (χ1v) is 5.36. The van der Waals surface area contributed by atoms with Gasteiger partial charge in [-0.05, 0) is 25.1 Å². The van der Waals surface area contributed by atoms with E-state index in [1.807, 2.05) is 0 Å². The van der Waals surface area contributed by atoms with Gasteiger partial charge in [0.25, 0.3) is 0 Å². The molecule has 0 aliphatic heterocycles. The van der Waals surface area contributed by atoms with Crippen molar-refractivity contribution in [1.82, 2.24) is 0 Å². The van der Waals surface area contributed by atoms with E-state index in [1.54, 1.807) is 6.92 Å². The number of nitrogens with one attached hydrogen (secondary N) is 1. The van der Waals surface area contributed by atoms with Crippen LogP contribution in [0.3, 0.4) is 0 Å². The highest BCUT2D eigenvalue weighted by Crippen LogP contribution is 2.22. The van der Waals surface area contributed by atoms with Gasteiger partial charge in [-0.1, -0.05) is 11.6 Å². The molecular weight excluding hydrogens is 233 g/mol. The first kappa shape index (κ1) is 12.8. The number of carbonyl (C=O) groups excluding carboxylic acids is 1. The molecule has 0 heterocycles. The summed E-state index contributed by atoms with van der Waals surface area (Å²) in [6.45, 7) is 2.47. The summed E-state index contributed by atoms with van der Waals surface area (Å²) >= 11 is 5.83. The minimum Gasteiger partial charge on any atom is -0.466 e. The number of hydrogen-bond acceptors (Lipinski definition) is 3. The molecule has 5 heteroatoms. The maximum absolute atomic E-state index is 12.9. The summed E-state index contributed by atoms with van der Waals surface area (Å²) in [6.07, 6.45) is 0.223. The summed E-state index contributed by atoms with van der Waals surface area (Å²) in [7, 11) is 0. The fourth-order valence-corrected chi connectivity index (χ4v) is 1.35. The van der Waals surface area contributed by atoms with E-state index < -0.39 is 0 Å². The Hall–Kier alpha value is -1.29. The topological polar surface area (TPSA) is 38.3 Å². The summed E-state index contributed by atoms with van der Waals surface area (Å²) in [4.78, 5) is 11.0. The van der Waals surface area contributed by atoms with Crippen molar-refractivity contribution >= 4 is 23.3 Å². The Morgan fingerprint density at radius 2 is 2.31 bits per heavy atom. The van der Waals surface area contributed by atoms with Crippen LogP contribution in [0.5, 0.6) is 0 Å². The minimum absolute atomic E-state index is 0.223. The number of halogens is 2. The van der Waals surface area contributed by atoms with Crippen LogP contribution in [0.4, 0.5) is 10.1 Å². The molecule has 1 aromatic carbocycles. The number of esters is 1. The smallest absolute Gasteiger partial charge is 0.307 e. The van der Waals surface area contributed by atoms with Gasteiger partial charge in [0, 0.05) is 6.54 Å². The maximum Gasteiger partial charge on any atom is 0.307 e. The molecular formula is C11H13ClFNO2. The molecule has 0 aliphatic carbocycles. The first-order chi connectivity index (χ1) is 7.63. The number of anilines is 1. The molecule has 1 N–H and O–H groups in total. The van der Waals surface area contributed by atoms with Gasteiger partial charge >= 0.3 is 5.97 Å². The normalized spacial score (nSPS) is 9.94. The minimum atomic E-state index is -0.372. The molecule has 0 bridgehead atoms. The highest BCUT2D eigenvalue weighted by atomic mass is 35.5. The molecule has 0 fully saturated rings. The third-order valence-electron chi connectivity index (χ3n) is 1.88. The van der Waals surface area contributed by atoms with Crippen molar-refractivity contribution in [3.63, 3.8) is 0 Å². The van der Waals surface area contributed by atoms with Gasteiger partial charge in [-0.15, -0.1) is 0 Å². The molecule has 0 saturated carbocycles. The van der Waals surface area contributed by atoms with Gasteiger partial charge in [0.2, 0.25) is 0 Å². The van der Waals surface area contributed by atoms with Gasteiger partial charge in [0.05, 0.1) is 23.7 Å². The van der Waals surface area contributed by atoms with Gasteiger partial charge in [-0.2, -0.15) is 0 Å². The van der Waals surface area contributed by atoms with Gasteiger partial charge < -0.3 is 10.1 Å². The number of ether oxygens (including phenoxy) is 1. The van der Waals surface area contributed by atoms with Crippen LogP contribution in [-0.2, 0) is 9.53 Å². The zero-order valence-electron chi connectivity index (χ0n) is 8.93. The predicted octanol–water partition coefficient (Wildman–Crippen LogP) is 2.84. The third kappa shape index (κ3) is 4.06. The highest BCUT2D eigenvalue weighted by molar-refractivity contribution is 6.33. The predicted molar refractivity (Wildman–Crippen MR) is 61.1 cm³/mol. The van der Waals surface area contributed by atoms with Gasteiger partial charge in [-0.3, -0.25) is 4.79 Å². The Bertz CT molecular complexity index is 371. The summed E-state index contributed by atoms with van der Waals surface area (Å²) < 4.78 is 17.6. The second-order valence-electron chi connectivity index (χ2n) is 3.11. The lowest BCUT2D eigenvalue weighted by Crippen LogP contribution is -2.11. The van der Waals surface area contributed by atoms with E-state index in [-0.39, 0.29) is 18.2 Å². The molecule has 1 aromatic rings. The lowest BCUT2D eigenvalue weighted by Gasteiger charge is -2.07. The molecule has 0 radical (unpaired) electrons. The fourth-order valence-electron chi connectivity index (χ4n) is 1.17. The maximum atomic E-state index is 12.9. The molecule has 0 atom stereocenters. The van der Waals surface area contributed by atoms with E-state index in [9.17, 15) is 9.18 Å². The Morgan fingerprint density at radius 3 is 3.00 bits per heavy atom. The van der Waals surface area contributed by atoms with Gasteiger partial charge in [0.1, 0.15) is 5.82 Å².